The summed E-state index contributed by atoms with van der Waals surface area (Å²) in [5.41, 5.74) is 4.92. The first-order valence-electron chi connectivity index (χ1n) is 7.01. The molecular weight excluding hydrogens is 292 g/mol. The Morgan fingerprint density at radius 2 is 2.24 bits per heavy atom. The molecule has 1 aromatic heterocycles. The van der Waals surface area contributed by atoms with Crippen LogP contribution in [-0.4, -0.2) is 59.8 Å². The average molecular weight is 314 g/mol. The standard InChI is InChI=1S/C13H22N4O3S/c1-3-15-12-16-10(14)9(21-12)11(18)17(2)8-13(19)4-6-20-7-5-13/h19H,3-8,14H2,1-2H3,(H,15,16). The Bertz CT molecular complexity index is 500. The maximum absolute atomic E-state index is 12.4. The number of carbonyl (C=O) groups excluding carboxylic acids is 1. The second-order valence-corrected chi connectivity index (χ2v) is 6.26. The third kappa shape index (κ3) is 3.84. The number of carbonyl (C=O) groups is 1. The number of ether oxygens (including phenoxy) is 1. The van der Waals surface area contributed by atoms with Crippen molar-refractivity contribution in [2.45, 2.75) is 25.4 Å². The fourth-order valence-corrected chi connectivity index (χ4v) is 3.26. The van der Waals surface area contributed by atoms with Crippen LogP contribution in [0.3, 0.4) is 0 Å². The predicted octanol–water partition coefficient (Wildman–Crippen LogP) is 0.771. The number of nitrogens with two attached hydrogens (primary N) is 1. The number of aliphatic hydroxyl groups is 1. The number of anilines is 2. The summed E-state index contributed by atoms with van der Waals surface area (Å²) < 4.78 is 5.24. The highest BCUT2D eigenvalue weighted by Crippen LogP contribution is 2.27. The van der Waals surface area contributed by atoms with Crippen LogP contribution in [0.2, 0.25) is 0 Å². The number of nitrogen functional groups attached to an aromatic ring is 1. The first-order chi connectivity index (χ1) is 9.95. The van der Waals surface area contributed by atoms with Gasteiger partial charge in [-0.25, -0.2) is 4.98 Å². The van der Waals surface area contributed by atoms with Crippen molar-refractivity contribution in [1.29, 1.82) is 0 Å². The summed E-state index contributed by atoms with van der Waals surface area (Å²) in [4.78, 5) is 18.5. The maximum Gasteiger partial charge on any atom is 0.267 e. The second kappa shape index (κ2) is 6.59. The molecular formula is C13H22N4O3S. The molecule has 8 heteroatoms. The highest BCUT2D eigenvalue weighted by Gasteiger charge is 2.33. The smallest absolute Gasteiger partial charge is 0.267 e. The van der Waals surface area contributed by atoms with Crippen molar-refractivity contribution in [3.8, 4) is 0 Å². The Morgan fingerprint density at radius 1 is 1.57 bits per heavy atom. The van der Waals surface area contributed by atoms with Gasteiger partial charge < -0.3 is 25.8 Å². The normalized spacial score (nSPS) is 17.5. The van der Waals surface area contributed by atoms with Gasteiger partial charge in [-0.2, -0.15) is 0 Å². The van der Waals surface area contributed by atoms with Gasteiger partial charge >= 0.3 is 0 Å². The van der Waals surface area contributed by atoms with Crippen molar-refractivity contribution in [2.75, 3.05) is 44.4 Å². The first kappa shape index (κ1) is 16.0. The van der Waals surface area contributed by atoms with Crippen molar-refractivity contribution in [1.82, 2.24) is 9.88 Å². The Balaban J connectivity index is 2.04. The van der Waals surface area contributed by atoms with E-state index in [4.69, 9.17) is 10.5 Å². The van der Waals surface area contributed by atoms with Crippen LogP contribution in [0, 0.1) is 0 Å². The molecule has 0 spiro atoms. The number of nitrogens with one attached hydrogen (secondary N) is 1. The number of hydrogen-bond acceptors (Lipinski definition) is 7. The minimum atomic E-state index is -0.882. The van der Waals surface area contributed by atoms with E-state index in [1.807, 2.05) is 6.92 Å². The lowest BCUT2D eigenvalue weighted by atomic mass is 9.94. The molecule has 7 nitrogen and oxygen atoms in total. The van der Waals surface area contributed by atoms with Gasteiger partial charge in [0.2, 0.25) is 0 Å². The van der Waals surface area contributed by atoms with Gasteiger partial charge in [0.05, 0.1) is 5.60 Å². The molecule has 0 aliphatic carbocycles. The van der Waals surface area contributed by atoms with Crippen LogP contribution in [0.1, 0.15) is 29.4 Å². The topological polar surface area (TPSA) is 101 Å². The third-order valence-corrected chi connectivity index (χ3v) is 4.49. The zero-order valence-corrected chi connectivity index (χ0v) is 13.2. The Hall–Kier alpha value is -1.38. The van der Waals surface area contributed by atoms with Gasteiger partial charge in [0.25, 0.3) is 5.91 Å². The molecule has 0 saturated carbocycles. The molecule has 1 aliphatic heterocycles. The molecule has 0 bridgehead atoms. The second-order valence-electron chi connectivity index (χ2n) is 5.26. The van der Waals surface area contributed by atoms with E-state index < -0.39 is 5.60 Å². The van der Waals surface area contributed by atoms with Gasteiger partial charge in [-0.15, -0.1) is 0 Å². The van der Waals surface area contributed by atoms with E-state index in [9.17, 15) is 9.90 Å². The van der Waals surface area contributed by atoms with Crippen LogP contribution in [0.25, 0.3) is 0 Å². The van der Waals surface area contributed by atoms with E-state index in [1.165, 1.54) is 16.2 Å². The molecule has 1 amide bonds. The largest absolute Gasteiger partial charge is 0.388 e. The molecule has 118 valence electrons. The summed E-state index contributed by atoms with van der Waals surface area (Å²) in [5, 5.41) is 14.1. The maximum atomic E-state index is 12.4. The van der Waals surface area contributed by atoms with Crippen molar-refractivity contribution >= 4 is 28.2 Å². The molecule has 1 aromatic rings. The zero-order chi connectivity index (χ0) is 15.5. The van der Waals surface area contributed by atoms with Crippen LogP contribution >= 0.6 is 11.3 Å². The van der Waals surface area contributed by atoms with Crippen LogP contribution < -0.4 is 11.1 Å². The molecule has 0 unspecified atom stereocenters. The minimum absolute atomic E-state index is 0.214. The quantitative estimate of drug-likeness (QED) is 0.742. The Morgan fingerprint density at radius 3 is 2.86 bits per heavy atom. The lowest BCUT2D eigenvalue weighted by molar-refractivity contribution is -0.0733. The molecule has 21 heavy (non-hydrogen) atoms. The summed E-state index contributed by atoms with van der Waals surface area (Å²) in [6.07, 6.45) is 1.07. The van der Waals surface area contributed by atoms with E-state index in [1.54, 1.807) is 7.05 Å². The zero-order valence-electron chi connectivity index (χ0n) is 12.4. The van der Waals surface area contributed by atoms with E-state index >= 15 is 0 Å². The van der Waals surface area contributed by atoms with Crippen molar-refractivity contribution in [3.05, 3.63) is 4.88 Å². The average Bonchev–Trinajstić information content (AvgIpc) is 2.79. The van der Waals surface area contributed by atoms with Gasteiger partial charge in [-0.3, -0.25) is 4.79 Å². The third-order valence-electron chi connectivity index (χ3n) is 3.48. The number of amides is 1. The summed E-state index contributed by atoms with van der Waals surface area (Å²) >= 11 is 1.24. The number of aromatic nitrogens is 1. The summed E-state index contributed by atoms with van der Waals surface area (Å²) in [5.74, 6) is 0.0147. The predicted molar refractivity (Wildman–Crippen MR) is 82.7 cm³/mol. The molecule has 1 fully saturated rings. The highest BCUT2D eigenvalue weighted by molar-refractivity contribution is 7.18. The Kier molecular flexibility index (Phi) is 5.02. The lowest BCUT2D eigenvalue weighted by Crippen LogP contribution is -2.47. The van der Waals surface area contributed by atoms with E-state index in [0.29, 0.717) is 36.1 Å². The van der Waals surface area contributed by atoms with Gasteiger partial charge in [0, 0.05) is 46.2 Å². The first-order valence-corrected chi connectivity index (χ1v) is 7.82. The SMILES string of the molecule is CCNc1nc(N)c(C(=O)N(C)CC2(O)CCOCC2)s1. The van der Waals surface area contributed by atoms with E-state index in [2.05, 4.69) is 10.3 Å². The molecule has 1 saturated heterocycles. The molecule has 0 radical (unpaired) electrons. The number of rotatable bonds is 5. The fraction of sp³-hybridized carbons (Fsp3) is 0.692. The monoisotopic (exact) mass is 314 g/mol. The highest BCUT2D eigenvalue weighted by atomic mass is 32.1. The summed E-state index contributed by atoms with van der Waals surface area (Å²) in [6, 6.07) is 0. The summed E-state index contributed by atoms with van der Waals surface area (Å²) in [7, 11) is 1.67. The van der Waals surface area contributed by atoms with Gasteiger partial charge in [-0.05, 0) is 6.92 Å². The van der Waals surface area contributed by atoms with Crippen molar-refractivity contribution in [2.24, 2.45) is 0 Å². The molecule has 4 N–H and O–H groups in total. The van der Waals surface area contributed by atoms with Crippen LogP contribution in [0.15, 0.2) is 0 Å². The number of hydrogen-bond donors (Lipinski definition) is 3. The lowest BCUT2D eigenvalue weighted by Gasteiger charge is -2.35. The van der Waals surface area contributed by atoms with E-state index in [-0.39, 0.29) is 18.3 Å². The van der Waals surface area contributed by atoms with Crippen molar-refractivity contribution in [3.63, 3.8) is 0 Å². The number of thiazole rings is 1. The van der Waals surface area contributed by atoms with Gasteiger partial charge in [-0.1, -0.05) is 11.3 Å². The number of likely N-dealkylation sites (N-methyl/N-ethyl adjacent to an activating group) is 1. The molecule has 0 atom stereocenters. The minimum Gasteiger partial charge on any atom is -0.388 e. The van der Waals surface area contributed by atoms with Crippen LogP contribution in [0.4, 0.5) is 10.9 Å². The van der Waals surface area contributed by atoms with Crippen molar-refractivity contribution < 1.29 is 14.6 Å². The summed E-state index contributed by atoms with van der Waals surface area (Å²) in [6.45, 7) is 3.97. The molecule has 0 aromatic carbocycles. The fourth-order valence-electron chi connectivity index (χ4n) is 2.31. The molecule has 2 rings (SSSR count). The van der Waals surface area contributed by atoms with Gasteiger partial charge in [0.15, 0.2) is 5.13 Å². The molecule has 2 heterocycles. The van der Waals surface area contributed by atoms with Crippen LogP contribution in [0.5, 0.6) is 0 Å². The Labute approximate surface area is 128 Å². The van der Waals surface area contributed by atoms with Gasteiger partial charge in [0.1, 0.15) is 10.7 Å². The van der Waals surface area contributed by atoms with E-state index in [0.717, 1.165) is 6.54 Å². The molecule has 1 aliphatic rings. The number of nitrogens with zero attached hydrogens (tertiary/aromatic N) is 2. The van der Waals surface area contributed by atoms with Crippen LogP contribution in [-0.2, 0) is 4.74 Å².